The summed E-state index contributed by atoms with van der Waals surface area (Å²) in [6.07, 6.45) is 3.51. The van der Waals surface area contributed by atoms with Crippen molar-refractivity contribution in [2.75, 3.05) is 31.1 Å². The average Bonchev–Trinajstić information content (AvgIpc) is 3.18. The molecule has 0 spiro atoms. The molecule has 1 N–H and O–H groups in total. The van der Waals surface area contributed by atoms with Crippen molar-refractivity contribution in [2.24, 2.45) is 0 Å². The molecule has 5 rings (SSSR count). The number of anilines is 1. The molecule has 174 valence electrons. The molecule has 0 aliphatic carbocycles. The molecule has 1 fully saturated rings. The van der Waals surface area contributed by atoms with Crippen LogP contribution in [0.15, 0.2) is 67.0 Å². The second kappa shape index (κ2) is 9.58. The highest BCUT2D eigenvalue weighted by Gasteiger charge is 2.22. The van der Waals surface area contributed by atoms with Gasteiger partial charge in [0.15, 0.2) is 5.82 Å². The number of aromatic nitrogens is 4. The van der Waals surface area contributed by atoms with Crippen LogP contribution in [0.25, 0.3) is 17.1 Å². The van der Waals surface area contributed by atoms with Crippen LogP contribution in [-0.4, -0.2) is 55.5 Å². The van der Waals surface area contributed by atoms with Gasteiger partial charge in [0.2, 0.25) is 4.77 Å². The number of para-hydroxylation sites is 2. The molecule has 9 heteroatoms. The highest BCUT2D eigenvalue weighted by atomic mass is 35.5. The van der Waals surface area contributed by atoms with E-state index in [1.165, 1.54) is 0 Å². The van der Waals surface area contributed by atoms with Gasteiger partial charge in [-0.3, -0.25) is 14.5 Å². The third-order valence-corrected chi connectivity index (χ3v) is 6.99. The molecule has 0 bridgehead atoms. The molecule has 1 aliphatic heterocycles. The van der Waals surface area contributed by atoms with Gasteiger partial charge in [0.05, 0.1) is 18.0 Å². The number of aromatic hydroxyl groups is 1. The zero-order valence-corrected chi connectivity index (χ0v) is 20.4. The van der Waals surface area contributed by atoms with Crippen molar-refractivity contribution in [1.29, 1.82) is 0 Å². The lowest BCUT2D eigenvalue weighted by atomic mass is 10.2. The van der Waals surface area contributed by atoms with Gasteiger partial charge in [0, 0.05) is 49.2 Å². The molecule has 2 aromatic heterocycles. The van der Waals surface area contributed by atoms with Gasteiger partial charge >= 0.3 is 0 Å². The Bertz CT molecular complexity index is 1360. The van der Waals surface area contributed by atoms with Crippen molar-refractivity contribution in [2.45, 2.75) is 13.6 Å². The molecule has 34 heavy (non-hydrogen) atoms. The molecule has 0 amide bonds. The maximum absolute atomic E-state index is 10.2. The fourth-order valence-electron chi connectivity index (χ4n) is 4.29. The second-order valence-electron chi connectivity index (χ2n) is 8.30. The lowest BCUT2D eigenvalue weighted by Crippen LogP contribution is -2.47. The summed E-state index contributed by atoms with van der Waals surface area (Å²) in [5.74, 6) is 1.07. The molecule has 0 unspecified atom stereocenters. The van der Waals surface area contributed by atoms with Gasteiger partial charge in [0.25, 0.3) is 0 Å². The van der Waals surface area contributed by atoms with Crippen LogP contribution >= 0.6 is 23.8 Å². The van der Waals surface area contributed by atoms with E-state index in [9.17, 15) is 5.11 Å². The minimum absolute atomic E-state index is 0.316. The number of pyridine rings is 1. The van der Waals surface area contributed by atoms with E-state index in [1.54, 1.807) is 18.5 Å². The average molecular weight is 493 g/mol. The molecule has 2 aromatic carbocycles. The van der Waals surface area contributed by atoms with Gasteiger partial charge in [-0.1, -0.05) is 29.8 Å². The van der Waals surface area contributed by atoms with E-state index in [-0.39, 0.29) is 0 Å². The summed E-state index contributed by atoms with van der Waals surface area (Å²) in [5.41, 5.74) is 3.68. The second-order valence-corrected chi connectivity index (χ2v) is 9.07. The standard InChI is InChI=1S/C25H25ClN6OS/c1-18-20(26)5-4-7-21(18)32-24(19-9-11-27-12-10-19)28-31(25(32)34)17-29-13-15-30(16-14-29)22-6-2-3-8-23(22)33/h2-12,33H,13-17H2,1H3. The number of phenolic OH excluding ortho intramolecular Hbond substituents is 1. The number of hydrogen-bond acceptors (Lipinski definition) is 6. The molecule has 1 saturated heterocycles. The van der Waals surface area contributed by atoms with Crippen LogP contribution in [-0.2, 0) is 6.67 Å². The predicted molar refractivity (Wildman–Crippen MR) is 137 cm³/mol. The van der Waals surface area contributed by atoms with Crippen LogP contribution < -0.4 is 4.90 Å². The Morgan fingerprint density at radius 1 is 0.941 bits per heavy atom. The van der Waals surface area contributed by atoms with Crippen LogP contribution in [0.2, 0.25) is 5.02 Å². The van der Waals surface area contributed by atoms with Gasteiger partial charge < -0.3 is 10.0 Å². The minimum atomic E-state index is 0.316. The summed E-state index contributed by atoms with van der Waals surface area (Å²) >= 11 is 12.4. The Hall–Kier alpha value is -3.20. The smallest absolute Gasteiger partial charge is 0.204 e. The van der Waals surface area contributed by atoms with Gasteiger partial charge in [0.1, 0.15) is 5.75 Å². The van der Waals surface area contributed by atoms with Crippen LogP contribution in [0.5, 0.6) is 5.75 Å². The Kier molecular flexibility index (Phi) is 6.36. The fourth-order valence-corrected chi connectivity index (χ4v) is 4.75. The number of benzene rings is 2. The third-order valence-electron chi connectivity index (χ3n) is 6.19. The summed E-state index contributed by atoms with van der Waals surface area (Å²) in [6.45, 7) is 5.88. The SMILES string of the molecule is Cc1c(Cl)cccc1-n1c(-c2ccncc2)nn(CN2CCN(c3ccccc3O)CC2)c1=S. The molecule has 4 aromatic rings. The first-order valence-electron chi connectivity index (χ1n) is 11.1. The Morgan fingerprint density at radius 3 is 2.38 bits per heavy atom. The maximum atomic E-state index is 10.2. The molecule has 0 radical (unpaired) electrons. The number of hydrogen-bond donors (Lipinski definition) is 1. The first kappa shape index (κ1) is 22.6. The maximum Gasteiger partial charge on any atom is 0.204 e. The van der Waals surface area contributed by atoms with E-state index in [4.69, 9.17) is 28.9 Å². The van der Waals surface area contributed by atoms with E-state index >= 15 is 0 Å². The number of rotatable bonds is 5. The minimum Gasteiger partial charge on any atom is -0.506 e. The Labute approximate surface area is 208 Å². The van der Waals surface area contributed by atoms with Crippen molar-refractivity contribution in [3.05, 3.63) is 82.3 Å². The molecular weight excluding hydrogens is 468 g/mol. The summed E-state index contributed by atoms with van der Waals surface area (Å²) in [5, 5.41) is 15.8. The van der Waals surface area contributed by atoms with Crippen molar-refractivity contribution in [3.63, 3.8) is 0 Å². The van der Waals surface area contributed by atoms with E-state index in [1.807, 2.05) is 64.7 Å². The quantitative estimate of drug-likeness (QED) is 0.399. The van der Waals surface area contributed by atoms with Crippen LogP contribution in [0, 0.1) is 11.7 Å². The predicted octanol–water partition coefficient (Wildman–Crippen LogP) is 4.91. The van der Waals surface area contributed by atoms with E-state index in [2.05, 4.69) is 14.8 Å². The molecular formula is C25H25ClN6OS. The number of halogens is 1. The highest BCUT2D eigenvalue weighted by Crippen LogP contribution is 2.29. The van der Waals surface area contributed by atoms with Crippen molar-refractivity contribution in [3.8, 4) is 22.8 Å². The Balaban J connectivity index is 1.44. The summed E-state index contributed by atoms with van der Waals surface area (Å²) in [6, 6.07) is 17.2. The Morgan fingerprint density at radius 2 is 1.65 bits per heavy atom. The summed E-state index contributed by atoms with van der Waals surface area (Å²) < 4.78 is 4.48. The van der Waals surface area contributed by atoms with Crippen LogP contribution in [0.3, 0.4) is 0 Å². The zero-order valence-electron chi connectivity index (χ0n) is 18.8. The lowest BCUT2D eigenvalue weighted by molar-refractivity contribution is 0.194. The molecule has 0 atom stereocenters. The van der Waals surface area contributed by atoms with Crippen molar-refractivity contribution >= 4 is 29.5 Å². The van der Waals surface area contributed by atoms with E-state index < -0.39 is 0 Å². The zero-order chi connectivity index (χ0) is 23.7. The third kappa shape index (κ3) is 4.32. The highest BCUT2D eigenvalue weighted by molar-refractivity contribution is 7.71. The van der Waals surface area contributed by atoms with Gasteiger partial charge in [-0.05, 0) is 61.1 Å². The number of piperazine rings is 1. The van der Waals surface area contributed by atoms with Crippen molar-refractivity contribution in [1.82, 2.24) is 24.2 Å². The summed E-state index contributed by atoms with van der Waals surface area (Å²) in [4.78, 5) is 8.68. The first-order valence-corrected chi connectivity index (χ1v) is 11.9. The van der Waals surface area contributed by atoms with E-state index in [0.717, 1.165) is 54.5 Å². The lowest BCUT2D eigenvalue weighted by Gasteiger charge is -2.36. The molecule has 3 heterocycles. The van der Waals surface area contributed by atoms with Gasteiger partial charge in [-0.25, -0.2) is 4.68 Å². The largest absolute Gasteiger partial charge is 0.506 e. The molecule has 7 nitrogen and oxygen atoms in total. The first-order chi connectivity index (χ1) is 16.5. The normalized spacial score (nSPS) is 14.5. The fraction of sp³-hybridized carbons (Fsp3) is 0.240. The van der Waals surface area contributed by atoms with Crippen LogP contribution in [0.4, 0.5) is 5.69 Å². The molecule has 1 aliphatic rings. The molecule has 0 saturated carbocycles. The topological polar surface area (TPSA) is 62.4 Å². The number of nitrogens with zero attached hydrogens (tertiary/aromatic N) is 6. The van der Waals surface area contributed by atoms with Crippen LogP contribution in [0.1, 0.15) is 5.56 Å². The summed E-state index contributed by atoms with van der Waals surface area (Å²) in [7, 11) is 0. The van der Waals surface area contributed by atoms with Gasteiger partial charge in [-0.15, -0.1) is 5.10 Å². The monoisotopic (exact) mass is 492 g/mol. The van der Waals surface area contributed by atoms with Crippen molar-refractivity contribution < 1.29 is 5.11 Å². The van der Waals surface area contributed by atoms with Gasteiger partial charge in [-0.2, -0.15) is 0 Å². The number of phenols is 1. The van der Waals surface area contributed by atoms with E-state index in [0.29, 0.717) is 22.2 Å².